The molecule has 1 heterocycles. The van der Waals surface area contributed by atoms with E-state index in [0.717, 1.165) is 4.47 Å². The predicted octanol–water partition coefficient (Wildman–Crippen LogP) is 3.90. The van der Waals surface area contributed by atoms with Crippen LogP contribution in [0.2, 0.25) is 0 Å². The molecule has 0 aliphatic carbocycles. The van der Waals surface area contributed by atoms with E-state index in [9.17, 15) is 13.2 Å². The molecule has 2 aromatic rings. The van der Waals surface area contributed by atoms with Gasteiger partial charge in [0.2, 0.25) is 5.88 Å². The van der Waals surface area contributed by atoms with E-state index < -0.39 is 12.2 Å². The quantitative estimate of drug-likeness (QED) is 0.795. The molecule has 2 rings (SSSR count). The summed E-state index contributed by atoms with van der Waals surface area (Å²) in [6.07, 6.45) is -3.45. The first-order valence-corrected chi connectivity index (χ1v) is 5.05. The monoisotopic (exact) mass is 291 g/mol. The van der Waals surface area contributed by atoms with Crippen molar-refractivity contribution in [3.8, 4) is 5.88 Å². The smallest absolute Gasteiger partial charge is 0.387 e. The van der Waals surface area contributed by atoms with Crippen LogP contribution in [-0.2, 0) is 0 Å². The van der Waals surface area contributed by atoms with Crippen molar-refractivity contribution in [1.29, 1.82) is 0 Å². The molecule has 0 aliphatic rings. The molecule has 0 aliphatic heterocycles. The summed E-state index contributed by atoms with van der Waals surface area (Å²) in [6, 6.07) is 6.46. The first kappa shape index (κ1) is 11.2. The molecular weight excluding hydrogens is 287 g/mol. The number of pyridine rings is 1. The maximum absolute atomic E-state index is 12.1. The highest BCUT2D eigenvalue weighted by Crippen LogP contribution is 2.29. The third kappa shape index (κ3) is 2.44. The number of alkyl halides is 3. The number of nitrogens with zero attached hydrogens (tertiary/aromatic N) is 1. The van der Waals surface area contributed by atoms with E-state index in [1.54, 1.807) is 18.2 Å². The number of ether oxygens (including phenoxy) is 1. The second-order valence-electron chi connectivity index (χ2n) is 3.03. The number of hydrogen-bond acceptors (Lipinski definition) is 2. The van der Waals surface area contributed by atoms with Gasteiger partial charge in [-0.1, -0.05) is 15.9 Å². The zero-order chi connectivity index (χ0) is 11.8. The standard InChI is InChI=1S/C10H5BrF3NO/c11-7-1-2-8-6(5-7)3-4-15-9(8)16-10(12,13)14/h1-5H. The lowest BCUT2D eigenvalue weighted by atomic mass is 10.2. The van der Waals surface area contributed by atoms with Crippen molar-refractivity contribution in [2.24, 2.45) is 0 Å². The molecule has 16 heavy (non-hydrogen) atoms. The summed E-state index contributed by atoms with van der Waals surface area (Å²) in [4.78, 5) is 3.56. The van der Waals surface area contributed by atoms with Gasteiger partial charge in [0.25, 0.3) is 0 Å². The van der Waals surface area contributed by atoms with Crippen molar-refractivity contribution in [3.63, 3.8) is 0 Å². The van der Waals surface area contributed by atoms with E-state index in [-0.39, 0.29) is 0 Å². The van der Waals surface area contributed by atoms with E-state index in [0.29, 0.717) is 10.8 Å². The lowest BCUT2D eigenvalue weighted by Crippen LogP contribution is -2.18. The Balaban J connectivity index is 2.54. The summed E-state index contributed by atoms with van der Waals surface area (Å²) in [7, 11) is 0. The van der Waals surface area contributed by atoms with Gasteiger partial charge in [-0.3, -0.25) is 0 Å². The first-order valence-electron chi connectivity index (χ1n) is 4.26. The number of benzene rings is 1. The Bertz CT molecular complexity index is 527. The van der Waals surface area contributed by atoms with E-state index in [1.807, 2.05) is 0 Å². The van der Waals surface area contributed by atoms with Gasteiger partial charge in [0.15, 0.2) is 0 Å². The molecule has 0 atom stereocenters. The van der Waals surface area contributed by atoms with Crippen LogP contribution < -0.4 is 4.74 Å². The van der Waals surface area contributed by atoms with Crippen molar-refractivity contribution < 1.29 is 17.9 Å². The molecular formula is C10H5BrF3NO. The van der Waals surface area contributed by atoms with Gasteiger partial charge in [-0.05, 0) is 29.7 Å². The third-order valence-corrected chi connectivity index (χ3v) is 2.40. The number of hydrogen-bond donors (Lipinski definition) is 0. The molecule has 2 nitrogen and oxygen atoms in total. The van der Waals surface area contributed by atoms with Gasteiger partial charge in [-0.15, -0.1) is 13.2 Å². The molecule has 84 valence electrons. The predicted molar refractivity (Wildman–Crippen MR) is 56.1 cm³/mol. The van der Waals surface area contributed by atoms with Crippen molar-refractivity contribution in [2.45, 2.75) is 6.36 Å². The van der Waals surface area contributed by atoms with Gasteiger partial charge in [-0.25, -0.2) is 4.98 Å². The van der Waals surface area contributed by atoms with Crippen LogP contribution in [0, 0.1) is 0 Å². The number of aromatic nitrogens is 1. The Morgan fingerprint density at radius 3 is 2.62 bits per heavy atom. The lowest BCUT2D eigenvalue weighted by Gasteiger charge is -2.09. The summed E-state index contributed by atoms with van der Waals surface area (Å²) in [5, 5.41) is 0.951. The molecule has 6 heteroatoms. The van der Waals surface area contributed by atoms with Gasteiger partial charge in [0.05, 0.1) is 0 Å². The summed E-state index contributed by atoms with van der Waals surface area (Å²) >= 11 is 3.23. The van der Waals surface area contributed by atoms with Gasteiger partial charge in [0, 0.05) is 16.1 Å². The second-order valence-corrected chi connectivity index (χ2v) is 3.95. The van der Waals surface area contributed by atoms with E-state index >= 15 is 0 Å². The van der Waals surface area contributed by atoms with Crippen molar-refractivity contribution >= 4 is 26.7 Å². The molecule has 0 radical (unpaired) electrons. The minimum Gasteiger partial charge on any atom is -0.387 e. The van der Waals surface area contributed by atoms with Gasteiger partial charge >= 0.3 is 6.36 Å². The van der Waals surface area contributed by atoms with Crippen LogP contribution in [0.1, 0.15) is 0 Å². The number of rotatable bonds is 1. The molecule has 0 amide bonds. The Kier molecular flexibility index (Phi) is 2.75. The Hall–Kier alpha value is -1.30. The summed E-state index contributed by atoms with van der Waals surface area (Å²) in [5.41, 5.74) is 0. The molecule has 1 aromatic heterocycles. The number of fused-ring (bicyclic) bond motifs is 1. The van der Waals surface area contributed by atoms with Gasteiger partial charge < -0.3 is 4.74 Å². The molecule has 0 bridgehead atoms. The molecule has 0 fully saturated rings. The van der Waals surface area contributed by atoms with Crippen molar-refractivity contribution in [1.82, 2.24) is 4.98 Å². The van der Waals surface area contributed by atoms with Crippen LogP contribution in [0.15, 0.2) is 34.9 Å². The minimum atomic E-state index is -4.73. The largest absolute Gasteiger partial charge is 0.574 e. The SMILES string of the molecule is FC(F)(F)Oc1nccc2cc(Br)ccc12. The Labute approximate surface area is 97.2 Å². The highest BCUT2D eigenvalue weighted by atomic mass is 79.9. The van der Waals surface area contributed by atoms with Crippen LogP contribution in [0.5, 0.6) is 5.88 Å². The molecule has 0 spiro atoms. The number of halogens is 4. The minimum absolute atomic E-state index is 0.322. The van der Waals surface area contributed by atoms with Gasteiger partial charge in [-0.2, -0.15) is 0 Å². The second kappa shape index (κ2) is 3.93. The third-order valence-electron chi connectivity index (χ3n) is 1.90. The maximum Gasteiger partial charge on any atom is 0.574 e. The fourth-order valence-corrected chi connectivity index (χ4v) is 1.69. The first-order chi connectivity index (χ1) is 7.46. The van der Waals surface area contributed by atoms with E-state index in [1.165, 1.54) is 12.3 Å². The normalized spacial score (nSPS) is 11.8. The molecule has 0 N–H and O–H groups in total. The molecule has 0 unspecified atom stereocenters. The van der Waals surface area contributed by atoms with Gasteiger partial charge in [0.1, 0.15) is 0 Å². The van der Waals surface area contributed by atoms with E-state index in [4.69, 9.17) is 0 Å². The fraction of sp³-hybridized carbons (Fsp3) is 0.100. The zero-order valence-corrected chi connectivity index (χ0v) is 9.34. The summed E-state index contributed by atoms with van der Waals surface area (Å²) in [5.74, 6) is -0.433. The van der Waals surface area contributed by atoms with Crippen LogP contribution >= 0.6 is 15.9 Å². The lowest BCUT2D eigenvalue weighted by molar-refractivity contribution is -0.275. The average molecular weight is 292 g/mol. The Morgan fingerprint density at radius 2 is 1.94 bits per heavy atom. The van der Waals surface area contributed by atoms with Crippen molar-refractivity contribution in [2.75, 3.05) is 0 Å². The highest BCUT2D eigenvalue weighted by molar-refractivity contribution is 9.10. The topological polar surface area (TPSA) is 22.1 Å². The molecule has 0 saturated heterocycles. The Morgan fingerprint density at radius 1 is 1.19 bits per heavy atom. The maximum atomic E-state index is 12.1. The fourth-order valence-electron chi connectivity index (χ4n) is 1.31. The summed E-state index contributed by atoms with van der Waals surface area (Å²) in [6.45, 7) is 0. The zero-order valence-electron chi connectivity index (χ0n) is 7.75. The molecule has 0 saturated carbocycles. The average Bonchev–Trinajstić information content (AvgIpc) is 2.15. The van der Waals surface area contributed by atoms with Crippen molar-refractivity contribution in [3.05, 3.63) is 34.9 Å². The van der Waals surface area contributed by atoms with Crippen LogP contribution in [0.25, 0.3) is 10.8 Å². The van der Waals surface area contributed by atoms with Crippen LogP contribution in [-0.4, -0.2) is 11.3 Å². The van der Waals surface area contributed by atoms with Crippen LogP contribution in [0.3, 0.4) is 0 Å². The molecule has 1 aromatic carbocycles. The summed E-state index contributed by atoms with van der Waals surface area (Å²) < 4.78 is 40.8. The highest BCUT2D eigenvalue weighted by Gasteiger charge is 2.32. The van der Waals surface area contributed by atoms with Crippen LogP contribution in [0.4, 0.5) is 13.2 Å². The van der Waals surface area contributed by atoms with E-state index in [2.05, 4.69) is 25.7 Å².